The van der Waals surface area contributed by atoms with E-state index in [-0.39, 0.29) is 11.6 Å². The highest BCUT2D eigenvalue weighted by Crippen LogP contribution is 2.31. The van der Waals surface area contributed by atoms with E-state index in [9.17, 15) is 0 Å². The SMILES string of the molecule is CCOC1(C(Cc2cnccc2N)NN)CCOCC1. The number of nitrogens with two attached hydrogens (primary N) is 2. The molecule has 1 aliphatic rings. The average Bonchev–Trinajstić information content (AvgIpc) is 2.47. The minimum atomic E-state index is -0.302. The molecule has 1 aliphatic heterocycles. The normalized spacial score (nSPS) is 19.7. The number of hydrogen-bond acceptors (Lipinski definition) is 6. The van der Waals surface area contributed by atoms with Crippen LogP contribution in [0.2, 0.25) is 0 Å². The molecule has 1 aromatic heterocycles. The number of rotatable bonds is 6. The van der Waals surface area contributed by atoms with Gasteiger partial charge < -0.3 is 15.2 Å². The average molecular weight is 280 g/mol. The van der Waals surface area contributed by atoms with Crippen molar-refractivity contribution in [2.24, 2.45) is 5.84 Å². The molecular weight excluding hydrogens is 256 g/mol. The molecular formula is C14H24N4O2. The van der Waals surface area contributed by atoms with E-state index < -0.39 is 0 Å². The van der Waals surface area contributed by atoms with Crippen molar-refractivity contribution in [1.82, 2.24) is 10.4 Å². The van der Waals surface area contributed by atoms with E-state index >= 15 is 0 Å². The number of ether oxygens (including phenoxy) is 2. The Morgan fingerprint density at radius 3 is 2.85 bits per heavy atom. The first-order valence-electron chi connectivity index (χ1n) is 7.08. The first kappa shape index (κ1) is 15.2. The molecule has 1 aromatic rings. The van der Waals surface area contributed by atoms with Gasteiger partial charge in [-0.1, -0.05) is 0 Å². The lowest BCUT2D eigenvalue weighted by molar-refractivity contribution is -0.126. The monoisotopic (exact) mass is 280 g/mol. The molecule has 0 saturated carbocycles. The second-order valence-electron chi connectivity index (χ2n) is 5.11. The quantitative estimate of drug-likeness (QED) is 0.522. The van der Waals surface area contributed by atoms with Gasteiger partial charge in [0.2, 0.25) is 0 Å². The molecule has 1 unspecified atom stereocenters. The topological polar surface area (TPSA) is 95.4 Å². The molecule has 0 radical (unpaired) electrons. The summed E-state index contributed by atoms with van der Waals surface area (Å²) < 4.78 is 11.5. The van der Waals surface area contributed by atoms with E-state index in [1.807, 2.05) is 6.92 Å². The van der Waals surface area contributed by atoms with Crippen LogP contribution in [0.4, 0.5) is 5.69 Å². The predicted octanol–water partition coefficient (Wildman–Crippen LogP) is 0.624. The highest BCUT2D eigenvalue weighted by atomic mass is 16.5. The third-order valence-electron chi connectivity index (χ3n) is 3.97. The lowest BCUT2D eigenvalue weighted by atomic mass is 9.83. The van der Waals surface area contributed by atoms with Crippen LogP contribution in [0.5, 0.6) is 0 Å². The van der Waals surface area contributed by atoms with E-state index in [0.717, 1.165) is 24.1 Å². The zero-order chi connectivity index (χ0) is 14.4. The Morgan fingerprint density at radius 2 is 2.25 bits per heavy atom. The van der Waals surface area contributed by atoms with Crippen LogP contribution in [-0.2, 0) is 15.9 Å². The molecule has 0 aromatic carbocycles. The van der Waals surface area contributed by atoms with Gasteiger partial charge in [-0.2, -0.15) is 0 Å². The van der Waals surface area contributed by atoms with Crippen LogP contribution >= 0.6 is 0 Å². The van der Waals surface area contributed by atoms with Crippen LogP contribution in [0.1, 0.15) is 25.3 Å². The van der Waals surface area contributed by atoms with Crippen LogP contribution in [0, 0.1) is 0 Å². The Bertz CT molecular complexity index is 416. The van der Waals surface area contributed by atoms with E-state index in [0.29, 0.717) is 26.2 Å². The largest absolute Gasteiger partial charge is 0.398 e. The summed E-state index contributed by atoms with van der Waals surface area (Å²) in [7, 11) is 0. The second-order valence-corrected chi connectivity index (χ2v) is 5.11. The molecule has 1 saturated heterocycles. The zero-order valence-corrected chi connectivity index (χ0v) is 12.0. The molecule has 0 bridgehead atoms. The van der Waals surface area contributed by atoms with Crippen LogP contribution in [0.15, 0.2) is 18.5 Å². The molecule has 6 heteroatoms. The second kappa shape index (κ2) is 6.99. The predicted molar refractivity (Wildman–Crippen MR) is 77.9 cm³/mol. The Labute approximate surface area is 119 Å². The molecule has 1 atom stereocenters. The van der Waals surface area contributed by atoms with E-state index in [4.69, 9.17) is 21.1 Å². The lowest BCUT2D eigenvalue weighted by Gasteiger charge is -2.43. The molecule has 0 amide bonds. The van der Waals surface area contributed by atoms with Crippen molar-refractivity contribution in [3.8, 4) is 0 Å². The van der Waals surface area contributed by atoms with Gasteiger partial charge in [0.25, 0.3) is 0 Å². The highest BCUT2D eigenvalue weighted by Gasteiger charge is 2.41. The molecule has 6 nitrogen and oxygen atoms in total. The van der Waals surface area contributed by atoms with Gasteiger partial charge in [0.1, 0.15) is 0 Å². The van der Waals surface area contributed by atoms with Crippen LogP contribution in [0.3, 0.4) is 0 Å². The van der Waals surface area contributed by atoms with Gasteiger partial charge in [-0.15, -0.1) is 0 Å². The Balaban J connectivity index is 2.18. The number of aromatic nitrogens is 1. The Hall–Kier alpha value is -1.21. The third kappa shape index (κ3) is 3.27. The number of hydrazine groups is 1. The smallest absolute Gasteiger partial charge is 0.0895 e. The third-order valence-corrected chi connectivity index (χ3v) is 3.97. The number of anilines is 1. The van der Waals surface area contributed by atoms with Crippen molar-refractivity contribution >= 4 is 5.69 Å². The first-order chi connectivity index (χ1) is 9.72. The van der Waals surface area contributed by atoms with Gasteiger partial charge in [-0.25, -0.2) is 0 Å². The maximum absolute atomic E-state index is 6.05. The van der Waals surface area contributed by atoms with Gasteiger partial charge in [0.15, 0.2) is 0 Å². The lowest BCUT2D eigenvalue weighted by Crippen LogP contribution is -2.58. The van der Waals surface area contributed by atoms with Crippen molar-refractivity contribution in [3.05, 3.63) is 24.0 Å². The maximum atomic E-state index is 6.05. The van der Waals surface area contributed by atoms with Gasteiger partial charge in [0.05, 0.1) is 11.6 Å². The summed E-state index contributed by atoms with van der Waals surface area (Å²) in [4.78, 5) is 4.13. The molecule has 1 fully saturated rings. The number of nitrogen functional groups attached to an aromatic ring is 1. The number of nitrogens with zero attached hydrogens (tertiary/aromatic N) is 1. The fourth-order valence-electron chi connectivity index (χ4n) is 2.82. The first-order valence-corrected chi connectivity index (χ1v) is 7.08. The number of nitrogens with one attached hydrogen (secondary N) is 1. The van der Waals surface area contributed by atoms with Crippen molar-refractivity contribution < 1.29 is 9.47 Å². The molecule has 2 rings (SSSR count). The van der Waals surface area contributed by atoms with Crippen LogP contribution < -0.4 is 17.0 Å². The number of hydrogen-bond donors (Lipinski definition) is 3. The van der Waals surface area contributed by atoms with Gasteiger partial charge >= 0.3 is 0 Å². The summed E-state index contributed by atoms with van der Waals surface area (Å²) >= 11 is 0. The van der Waals surface area contributed by atoms with E-state index in [1.54, 1.807) is 18.5 Å². The summed E-state index contributed by atoms with van der Waals surface area (Å²) in [5.74, 6) is 5.78. The maximum Gasteiger partial charge on any atom is 0.0895 e. The summed E-state index contributed by atoms with van der Waals surface area (Å²) in [6.07, 6.45) is 5.83. The summed E-state index contributed by atoms with van der Waals surface area (Å²) in [6.45, 7) is 4.05. The van der Waals surface area contributed by atoms with Crippen molar-refractivity contribution in [2.75, 3.05) is 25.6 Å². The van der Waals surface area contributed by atoms with Crippen molar-refractivity contribution in [3.63, 3.8) is 0 Å². The van der Waals surface area contributed by atoms with Crippen LogP contribution in [0.25, 0.3) is 0 Å². The standard InChI is InChI=1S/C14H24N4O2/c1-2-20-14(4-7-19-8-5-14)13(18-16)9-11-10-17-6-3-12(11)15/h3,6,10,13,18H,2,4-5,7-9,16H2,1H3,(H2,15,17). The molecule has 112 valence electrons. The van der Waals surface area contributed by atoms with E-state index in [2.05, 4.69) is 10.4 Å². The van der Waals surface area contributed by atoms with E-state index in [1.165, 1.54) is 0 Å². The summed E-state index contributed by atoms with van der Waals surface area (Å²) in [5, 5.41) is 0. The molecule has 0 aliphatic carbocycles. The Kier molecular flexibility index (Phi) is 5.31. The highest BCUT2D eigenvalue weighted by molar-refractivity contribution is 5.44. The molecule has 5 N–H and O–H groups in total. The van der Waals surface area contributed by atoms with Crippen LogP contribution in [-0.4, -0.2) is 36.4 Å². The fraction of sp³-hybridized carbons (Fsp3) is 0.643. The molecule has 2 heterocycles. The minimum Gasteiger partial charge on any atom is -0.398 e. The molecule has 0 spiro atoms. The zero-order valence-electron chi connectivity index (χ0n) is 12.0. The molecule has 20 heavy (non-hydrogen) atoms. The van der Waals surface area contributed by atoms with Gasteiger partial charge in [-0.3, -0.25) is 16.3 Å². The minimum absolute atomic E-state index is 0.0159. The van der Waals surface area contributed by atoms with Crippen molar-refractivity contribution in [2.45, 2.75) is 37.8 Å². The van der Waals surface area contributed by atoms with Crippen molar-refractivity contribution in [1.29, 1.82) is 0 Å². The fourth-order valence-corrected chi connectivity index (χ4v) is 2.82. The summed E-state index contributed by atoms with van der Waals surface area (Å²) in [6, 6.07) is 1.79. The Morgan fingerprint density at radius 1 is 1.50 bits per heavy atom. The summed E-state index contributed by atoms with van der Waals surface area (Å²) in [5.41, 5.74) is 10.3. The van der Waals surface area contributed by atoms with Gasteiger partial charge in [-0.05, 0) is 25.0 Å². The number of pyridine rings is 1. The van der Waals surface area contributed by atoms with Gasteiger partial charge in [0, 0.05) is 50.7 Å².